The molecule has 3 atom stereocenters. The number of anilines is 1. The van der Waals surface area contributed by atoms with Crippen molar-refractivity contribution < 1.29 is 4.79 Å². The molecule has 96 valence electrons. The fourth-order valence-electron chi connectivity index (χ4n) is 3.30. The van der Waals surface area contributed by atoms with Gasteiger partial charge in [0.2, 0.25) is 11.9 Å². The number of carbonyl (C=O) groups excluding carboxylic acids is 1. The Balaban J connectivity index is 1.54. The Bertz CT molecular complexity index is 640. The summed E-state index contributed by atoms with van der Waals surface area (Å²) in [5.41, 5.74) is 1.83. The number of benzene rings is 1. The molecule has 0 spiro atoms. The smallest absolute Gasteiger partial charge is 0.230 e. The molecule has 2 aliphatic carbocycles. The highest BCUT2D eigenvalue weighted by Crippen LogP contribution is 2.43. The van der Waals surface area contributed by atoms with Crippen molar-refractivity contribution in [3.63, 3.8) is 0 Å². The minimum absolute atomic E-state index is 0.0934. The molecule has 4 nitrogen and oxygen atoms in total. The number of para-hydroxylation sites is 2. The highest BCUT2D eigenvalue weighted by atomic mass is 16.2. The second kappa shape index (κ2) is 3.95. The van der Waals surface area contributed by atoms with Gasteiger partial charge in [-0.15, -0.1) is 0 Å². The summed E-state index contributed by atoms with van der Waals surface area (Å²) >= 11 is 0. The van der Waals surface area contributed by atoms with Gasteiger partial charge in [0.25, 0.3) is 0 Å². The molecule has 4 rings (SSSR count). The van der Waals surface area contributed by atoms with Crippen LogP contribution in [0.25, 0.3) is 11.0 Å². The zero-order valence-corrected chi connectivity index (χ0v) is 10.5. The molecule has 2 bridgehead atoms. The summed E-state index contributed by atoms with van der Waals surface area (Å²) in [6, 6.07) is 7.78. The van der Waals surface area contributed by atoms with Crippen molar-refractivity contribution in [1.82, 2.24) is 9.97 Å². The molecule has 2 N–H and O–H groups in total. The third-order valence-electron chi connectivity index (χ3n) is 4.25. The quantitative estimate of drug-likeness (QED) is 0.808. The molecular formula is C15H15N3O. The molecular weight excluding hydrogens is 238 g/mol. The van der Waals surface area contributed by atoms with Crippen molar-refractivity contribution in [3.05, 3.63) is 36.4 Å². The van der Waals surface area contributed by atoms with E-state index in [1.807, 2.05) is 24.3 Å². The first-order valence-electron chi connectivity index (χ1n) is 6.73. The van der Waals surface area contributed by atoms with Crippen LogP contribution in [0.15, 0.2) is 36.4 Å². The number of carbonyl (C=O) groups is 1. The van der Waals surface area contributed by atoms with E-state index in [0.717, 1.165) is 23.9 Å². The van der Waals surface area contributed by atoms with Crippen LogP contribution in [-0.4, -0.2) is 15.9 Å². The van der Waals surface area contributed by atoms with Gasteiger partial charge in [-0.2, -0.15) is 0 Å². The number of nitrogens with one attached hydrogen (secondary N) is 2. The van der Waals surface area contributed by atoms with Gasteiger partial charge in [-0.05, 0) is 36.8 Å². The number of aromatic amines is 1. The van der Waals surface area contributed by atoms with Crippen LogP contribution in [0.2, 0.25) is 0 Å². The third kappa shape index (κ3) is 1.75. The zero-order valence-electron chi connectivity index (χ0n) is 10.5. The number of fused-ring (bicyclic) bond motifs is 3. The van der Waals surface area contributed by atoms with Crippen molar-refractivity contribution in [3.8, 4) is 0 Å². The molecule has 1 heterocycles. The van der Waals surface area contributed by atoms with Crippen LogP contribution in [0.4, 0.5) is 5.95 Å². The summed E-state index contributed by atoms with van der Waals surface area (Å²) in [4.78, 5) is 19.8. The number of allylic oxidation sites excluding steroid dienone is 2. The van der Waals surface area contributed by atoms with Crippen molar-refractivity contribution >= 4 is 22.9 Å². The van der Waals surface area contributed by atoms with Crippen LogP contribution in [-0.2, 0) is 4.79 Å². The van der Waals surface area contributed by atoms with E-state index in [1.165, 1.54) is 0 Å². The molecule has 1 aromatic carbocycles. The molecule has 19 heavy (non-hydrogen) atoms. The first-order valence-corrected chi connectivity index (χ1v) is 6.73. The zero-order chi connectivity index (χ0) is 12.8. The minimum atomic E-state index is 0.0934. The fourth-order valence-corrected chi connectivity index (χ4v) is 3.30. The van der Waals surface area contributed by atoms with Crippen molar-refractivity contribution in [2.45, 2.75) is 12.8 Å². The highest BCUT2D eigenvalue weighted by molar-refractivity contribution is 5.93. The van der Waals surface area contributed by atoms with Crippen LogP contribution in [0.5, 0.6) is 0 Å². The van der Waals surface area contributed by atoms with Gasteiger partial charge in [-0.1, -0.05) is 24.3 Å². The molecule has 0 aliphatic heterocycles. The van der Waals surface area contributed by atoms with E-state index in [2.05, 4.69) is 27.4 Å². The van der Waals surface area contributed by atoms with Crippen LogP contribution in [0.1, 0.15) is 12.8 Å². The van der Waals surface area contributed by atoms with E-state index < -0.39 is 0 Å². The van der Waals surface area contributed by atoms with Crippen molar-refractivity contribution in [2.24, 2.45) is 17.8 Å². The van der Waals surface area contributed by atoms with E-state index >= 15 is 0 Å². The second-order valence-corrected chi connectivity index (χ2v) is 5.48. The van der Waals surface area contributed by atoms with Gasteiger partial charge in [-0.25, -0.2) is 4.98 Å². The van der Waals surface area contributed by atoms with Crippen molar-refractivity contribution in [1.29, 1.82) is 0 Å². The van der Waals surface area contributed by atoms with E-state index in [4.69, 9.17) is 0 Å². The van der Waals surface area contributed by atoms with Gasteiger partial charge in [0.15, 0.2) is 0 Å². The number of hydrogen-bond donors (Lipinski definition) is 2. The van der Waals surface area contributed by atoms with Gasteiger partial charge in [0, 0.05) is 5.92 Å². The second-order valence-electron chi connectivity index (χ2n) is 5.48. The largest absolute Gasteiger partial charge is 0.324 e. The summed E-state index contributed by atoms with van der Waals surface area (Å²) in [6.07, 6.45) is 6.55. The number of imidazole rings is 1. The Hall–Kier alpha value is -2.10. The number of hydrogen-bond acceptors (Lipinski definition) is 2. The Morgan fingerprint density at radius 1 is 1.26 bits per heavy atom. The summed E-state index contributed by atoms with van der Waals surface area (Å²) in [7, 11) is 0. The fraction of sp³-hybridized carbons (Fsp3) is 0.333. The lowest BCUT2D eigenvalue weighted by Crippen LogP contribution is -2.26. The Kier molecular flexibility index (Phi) is 2.24. The predicted octanol–water partition coefficient (Wildman–Crippen LogP) is 2.71. The summed E-state index contributed by atoms with van der Waals surface area (Å²) in [6.45, 7) is 0. The Morgan fingerprint density at radius 2 is 2.16 bits per heavy atom. The van der Waals surface area contributed by atoms with E-state index in [1.54, 1.807) is 0 Å². The molecule has 4 heteroatoms. The number of nitrogens with zero attached hydrogens (tertiary/aromatic N) is 1. The number of H-pyrrole nitrogens is 1. The molecule has 1 aromatic heterocycles. The molecule has 0 unspecified atom stereocenters. The lowest BCUT2D eigenvalue weighted by molar-refractivity contribution is -0.120. The molecule has 2 aromatic rings. The average molecular weight is 253 g/mol. The molecule has 0 saturated heterocycles. The first kappa shape index (κ1) is 10.8. The normalized spacial score (nSPS) is 28.1. The van der Waals surface area contributed by atoms with E-state index in [-0.39, 0.29) is 11.8 Å². The maximum absolute atomic E-state index is 12.3. The molecule has 1 amide bonds. The lowest BCUT2D eigenvalue weighted by atomic mass is 9.93. The standard InChI is InChI=1S/C15H15N3O/c19-14(11-8-9-5-6-10(11)7-9)18-15-16-12-3-1-2-4-13(12)17-15/h1-6,9-11H,7-8H2,(H2,16,17,18,19)/t9-,10+,11+/m1/s1. The summed E-state index contributed by atoms with van der Waals surface area (Å²) < 4.78 is 0. The van der Waals surface area contributed by atoms with Crippen molar-refractivity contribution in [2.75, 3.05) is 5.32 Å². The first-order chi connectivity index (χ1) is 9.29. The maximum atomic E-state index is 12.3. The van der Waals surface area contributed by atoms with Crippen LogP contribution < -0.4 is 5.32 Å². The van der Waals surface area contributed by atoms with Gasteiger partial charge >= 0.3 is 0 Å². The molecule has 2 aliphatic rings. The topological polar surface area (TPSA) is 57.8 Å². The third-order valence-corrected chi connectivity index (χ3v) is 4.25. The highest BCUT2D eigenvalue weighted by Gasteiger charge is 2.39. The lowest BCUT2D eigenvalue weighted by Gasteiger charge is -2.16. The van der Waals surface area contributed by atoms with E-state index in [0.29, 0.717) is 17.8 Å². The number of rotatable bonds is 2. The van der Waals surface area contributed by atoms with Gasteiger partial charge in [0.05, 0.1) is 11.0 Å². The van der Waals surface area contributed by atoms with Crippen LogP contribution >= 0.6 is 0 Å². The average Bonchev–Trinajstić information content (AvgIpc) is 3.12. The number of amides is 1. The minimum Gasteiger partial charge on any atom is -0.324 e. The monoisotopic (exact) mass is 253 g/mol. The van der Waals surface area contributed by atoms with Gasteiger partial charge in [0.1, 0.15) is 0 Å². The van der Waals surface area contributed by atoms with Crippen LogP contribution in [0.3, 0.4) is 0 Å². The van der Waals surface area contributed by atoms with E-state index in [9.17, 15) is 4.79 Å². The van der Waals surface area contributed by atoms with Gasteiger partial charge in [-0.3, -0.25) is 10.1 Å². The molecule has 1 saturated carbocycles. The SMILES string of the molecule is O=C(Nc1nc2ccccc2[nH]1)[C@H]1C[C@@H]2C=C[C@H]1C2. The number of aromatic nitrogens is 2. The maximum Gasteiger partial charge on any atom is 0.230 e. The Labute approximate surface area is 110 Å². The van der Waals surface area contributed by atoms with Crippen LogP contribution in [0, 0.1) is 17.8 Å². The molecule has 1 fully saturated rings. The molecule has 0 radical (unpaired) electrons. The Morgan fingerprint density at radius 3 is 2.89 bits per heavy atom. The predicted molar refractivity (Wildman–Crippen MR) is 73.6 cm³/mol. The summed E-state index contributed by atoms with van der Waals surface area (Å²) in [5, 5.41) is 2.92. The summed E-state index contributed by atoms with van der Waals surface area (Å²) in [5.74, 6) is 1.79. The van der Waals surface area contributed by atoms with Gasteiger partial charge < -0.3 is 4.98 Å².